The van der Waals surface area contributed by atoms with E-state index in [1.54, 1.807) is 0 Å². The van der Waals surface area contributed by atoms with Crippen LogP contribution in [0, 0.1) is 11.8 Å². The number of allylic oxidation sites excluding steroid dienone is 5. The van der Waals surface area contributed by atoms with Crippen LogP contribution in [0.4, 0.5) is 5.69 Å². The number of fused-ring (bicyclic) bond motifs is 1. The summed E-state index contributed by atoms with van der Waals surface area (Å²) in [5.74, 6) is 5.88. The van der Waals surface area contributed by atoms with Crippen molar-refractivity contribution in [1.82, 2.24) is 0 Å². The third-order valence-corrected chi connectivity index (χ3v) is 5.27. The number of rotatable bonds is 4. The summed E-state index contributed by atoms with van der Waals surface area (Å²) in [6.45, 7) is 8.08. The summed E-state index contributed by atoms with van der Waals surface area (Å²) in [4.78, 5) is 12.6. The van der Waals surface area contributed by atoms with E-state index < -0.39 is 6.10 Å². The third-order valence-electron chi connectivity index (χ3n) is 5.27. The number of aryl methyl sites for hydroxylation is 1. The summed E-state index contributed by atoms with van der Waals surface area (Å²) < 4.78 is 0. The molecule has 1 heterocycles. The minimum absolute atomic E-state index is 0.136. The van der Waals surface area contributed by atoms with Gasteiger partial charge in [0, 0.05) is 11.1 Å². The lowest BCUT2D eigenvalue weighted by Gasteiger charge is -2.06. The zero-order valence-electron chi connectivity index (χ0n) is 17.9. The van der Waals surface area contributed by atoms with E-state index in [4.69, 9.17) is 0 Å². The predicted octanol–water partition coefficient (Wildman–Crippen LogP) is 5.58. The molecule has 0 aromatic heterocycles. The monoisotopic (exact) mass is 397 g/mol. The van der Waals surface area contributed by atoms with E-state index in [1.807, 2.05) is 81.5 Å². The van der Waals surface area contributed by atoms with Gasteiger partial charge in [0.15, 0.2) is 0 Å². The Labute approximate surface area is 178 Å². The van der Waals surface area contributed by atoms with Gasteiger partial charge < -0.3 is 10.4 Å². The van der Waals surface area contributed by atoms with Gasteiger partial charge in [0.1, 0.15) is 6.10 Å². The smallest absolute Gasteiger partial charge is 0.256 e. The first-order valence-electron chi connectivity index (χ1n) is 10.2. The highest BCUT2D eigenvalue weighted by Crippen LogP contribution is 2.35. The summed E-state index contributed by atoms with van der Waals surface area (Å²) in [5, 5.41) is 13.4. The van der Waals surface area contributed by atoms with E-state index in [0.717, 1.165) is 39.9 Å². The molecule has 30 heavy (non-hydrogen) atoms. The molecular weight excluding hydrogens is 370 g/mol. The molecule has 0 fully saturated rings. The van der Waals surface area contributed by atoms with Crippen molar-refractivity contribution in [3.05, 3.63) is 94.1 Å². The van der Waals surface area contributed by atoms with Gasteiger partial charge in [0.2, 0.25) is 0 Å². The molecule has 0 bridgehead atoms. The Balaban J connectivity index is 1.99. The number of carbonyl (C=O) groups excluding carboxylic acids is 1. The van der Waals surface area contributed by atoms with Crippen LogP contribution in [-0.2, 0) is 11.2 Å². The molecule has 0 saturated carbocycles. The summed E-state index contributed by atoms with van der Waals surface area (Å²) >= 11 is 0. The molecular formula is C27H27NO2. The lowest BCUT2D eigenvalue weighted by Crippen LogP contribution is -2.04. The zero-order valence-corrected chi connectivity index (χ0v) is 17.9. The molecule has 3 nitrogen and oxygen atoms in total. The fourth-order valence-electron chi connectivity index (χ4n) is 3.37. The van der Waals surface area contributed by atoms with Gasteiger partial charge in [-0.15, -0.1) is 0 Å². The van der Waals surface area contributed by atoms with E-state index in [9.17, 15) is 9.90 Å². The van der Waals surface area contributed by atoms with Gasteiger partial charge in [-0.1, -0.05) is 61.2 Å². The van der Waals surface area contributed by atoms with Crippen LogP contribution in [0.25, 0.3) is 5.57 Å². The Morgan fingerprint density at radius 3 is 2.53 bits per heavy atom. The molecule has 2 aromatic carbocycles. The number of carbonyl (C=O) groups is 1. The molecule has 2 aromatic rings. The normalized spacial score (nSPS) is 16.0. The van der Waals surface area contributed by atoms with Crippen LogP contribution < -0.4 is 5.32 Å². The van der Waals surface area contributed by atoms with E-state index in [0.29, 0.717) is 5.57 Å². The maximum absolute atomic E-state index is 12.6. The van der Waals surface area contributed by atoms with Crippen molar-refractivity contribution in [2.24, 2.45) is 0 Å². The fraction of sp³-hybridized carbons (Fsp3) is 0.222. The minimum Gasteiger partial charge on any atom is -0.376 e. The molecule has 152 valence electrons. The van der Waals surface area contributed by atoms with E-state index in [2.05, 4.69) is 24.1 Å². The SMILES string of the molecule is C\C=C/C(C)=C(C)/C=C1\C(=O)Nc2cccc(C#CC(O)c3ccc(CC)cc3)c21. The number of benzene rings is 2. The standard InChI is InChI=1S/C27H27NO2/c1-5-8-18(3)19(4)17-23-26-22(9-7-10-24(26)28-27(23)30)15-16-25(29)21-13-11-20(6-2)12-14-21/h5,7-14,17,25,29H,6H2,1-4H3,(H,28,30)/b8-5-,19-18+,23-17-. The molecule has 3 heteroatoms. The highest BCUT2D eigenvalue weighted by Gasteiger charge is 2.26. The second kappa shape index (κ2) is 9.43. The van der Waals surface area contributed by atoms with Crippen molar-refractivity contribution in [2.75, 3.05) is 5.32 Å². The van der Waals surface area contributed by atoms with Crippen LogP contribution in [0.2, 0.25) is 0 Å². The number of aliphatic hydroxyl groups is 1. The van der Waals surface area contributed by atoms with Crippen LogP contribution >= 0.6 is 0 Å². The van der Waals surface area contributed by atoms with E-state index >= 15 is 0 Å². The lowest BCUT2D eigenvalue weighted by molar-refractivity contribution is -0.110. The zero-order chi connectivity index (χ0) is 21.7. The maximum atomic E-state index is 12.6. The first-order chi connectivity index (χ1) is 14.4. The molecule has 1 amide bonds. The first-order valence-corrected chi connectivity index (χ1v) is 10.2. The molecule has 0 saturated heterocycles. The maximum Gasteiger partial charge on any atom is 0.256 e. The number of amides is 1. The van der Waals surface area contributed by atoms with Gasteiger partial charge >= 0.3 is 0 Å². The average Bonchev–Trinajstić information content (AvgIpc) is 3.07. The number of anilines is 1. The van der Waals surface area contributed by atoms with Crippen molar-refractivity contribution in [2.45, 2.75) is 40.2 Å². The molecule has 2 N–H and O–H groups in total. The van der Waals surface area contributed by atoms with E-state index in [-0.39, 0.29) is 5.91 Å². The first kappa shape index (κ1) is 21.4. The Morgan fingerprint density at radius 2 is 1.87 bits per heavy atom. The van der Waals surface area contributed by atoms with Gasteiger partial charge in [-0.2, -0.15) is 0 Å². The summed E-state index contributed by atoms with van der Waals surface area (Å²) in [6.07, 6.45) is 5.97. The number of nitrogens with one attached hydrogen (secondary N) is 1. The van der Waals surface area contributed by atoms with Crippen LogP contribution in [-0.4, -0.2) is 11.0 Å². The van der Waals surface area contributed by atoms with Crippen molar-refractivity contribution >= 4 is 17.2 Å². The van der Waals surface area contributed by atoms with Gasteiger partial charge in [-0.25, -0.2) is 0 Å². The quantitative estimate of drug-likeness (QED) is 0.402. The number of hydrogen-bond donors (Lipinski definition) is 2. The number of aliphatic hydroxyl groups excluding tert-OH is 1. The molecule has 0 radical (unpaired) electrons. The van der Waals surface area contributed by atoms with Crippen molar-refractivity contribution in [3.8, 4) is 11.8 Å². The molecule has 1 aliphatic heterocycles. The molecule has 3 rings (SSSR count). The van der Waals surface area contributed by atoms with Crippen LogP contribution in [0.5, 0.6) is 0 Å². The topological polar surface area (TPSA) is 49.3 Å². The minimum atomic E-state index is -0.886. The van der Waals surface area contributed by atoms with Gasteiger partial charge in [0.25, 0.3) is 5.91 Å². The van der Waals surface area contributed by atoms with E-state index in [1.165, 1.54) is 5.56 Å². The average molecular weight is 398 g/mol. The molecule has 1 aliphatic rings. The van der Waals surface area contributed by atoms with Gasteiger partial charge in [-0.3, -0.25) is 4.79 Å². The third kappa shape index (κ3) is 4.62. The summed E-state index contributed by atoms with van der Waals surface area (Å²) in [5.41, 5.74) is 6.95. The van der Waals surface area contributed by atoms with Gasteiger partial charge in [0.05, 0.1) is 11.3 Å². The number of hydrogen-bond acceptors (Lipinski definition) is 2. The highest BCUT2D eigenvalue weighted by molar-refractivity contribution is 6.32. The molecule has 0 aliphatic carbocycles. The Kier molecular flexibility index (Phi) is 6.72. The molecule has 1 unspecified atom stereocenters. The summed E-state index contributed by atoms with van der Waals surface area (Å²) in [6, 6.07) is 13.4. The van der Waals surface area contributed by atoms with Crippen LogP contribution in [0.1, 0.15) is 56.1 Å². The summed E-state index contributed by atoms with van der Waals surface area (Å²) in [7, 11) is 0. The Morgan fingerprint density at radius 1 is 1.13 bits per heavy atom. The van der Waals surface area contributed by atoms with Crippen molar-refractivity contribution in [1.29, 1.82) is 0 Å². The predicted molar refractivity (Wildman–Crippen MR) is 124 cm³/mol. The van der Waals surface area contributed by atoms with Crippen molar-refractivity contribution in [3.63, 3.8) is 0 Å². The van der Waals surface area contributed by atoms with Gasteiger partial charge in [-0.05, 0) is 67.7 Å². The fourth-order valence-corrected chi connectivity index (χ4v) is 3.37. The molecule has 1 atom stereocenters. The second-order valence-electron chi connectivity index (χ2n) is 7.37. The largest absolute Gasteiger partial charge is 0.376 e. The molecule has 0 spiro atoms. The second-order valence-corrected chi connectivity index (χ2v) is 7.37. The van der Waals surface area contributed by atoms with Crippen LogP contribution in [0.15, 0.2) is 71.8 Å². The van der Waals surface area contributed by atoms with Crippen molar-refractivity contribution < 1.29 is 9.90 Å². The highest BCUT2D eigenvalue weighted by atomic mass is 16.3. The lowest BCUT2D eigenvalue weighted by atomic mass is 9.97. The van der Waals surface area contributed by atoms with Crippen LogP contribution in [0.3, 0.4) is 0 Å². The Hall–Kier alpha value is -3.35. The Bertz CT molecular complexity index is 1110.